The van der Waals surface area contributed by atoms with E-state index in [1.807, 2.05) is 72.8 Å². The fourth-order valence-electron chi connectivity index (χ4n) is 6.60. The molecule has 1 aliphatic carbocycles. The van der Waals surface area contributed by atoms with E-state index < -0.39 is 0 Å². The highest BCUT2D eigenvalue weighted by Gasteiger charge is 2.37. The fourth-order valence-corrected chi connectivity index (χ4v) is 6.60. The Balaban J connectivity index is 1.03. The maximum absolute atomic E-state index is 6.50. The molecule has 0 amide bonds. The third-order valence-corrected chi connectivity index (χ3v) is 9.07. The highest BCUT2D eigenvalue weighted by Crippen LogP contribution is 2.55. The van der Waals surface area contributed by atoms with E-state index in [0.717, 1.165) is 33.8 Å². The summed E-state index contributed by atoms with van der Waals surface area (Å²) in [6, 6.07) is 42.8. The summed E-state index contributed by atoms with van der Waals surface area (Å²) in [6.07, 6.45) is 1.74. The van der Waals surface area contributed by atoms with E-state index in [0.29, 0.717) is 34.7 Å². The van der Waals surface area contributed by atoms with Gasteiger partial charge >= 0.3 is 0 Å². The highest BCUT2D eigenvalue weighted by atomic mass is 16.6. The van der Waals surface area contributed by atoms with Gasteiger partial charge in [0.15, 0.2) is 40.5 Å². The molecule has 47 heavy (non-hydrogen) atoms. The minimum Gasteiger partial charge on any atom is -0.449 e. The van der Waals surface area contributed by atoms with Crippen LogP contribution in [-0.4, -0.2) is 19.9 Å². The van der Waals surface area contributed by atoms with Gasteiger partial charge in [-0.25, -0.2) is 15.0 Å². The van der Waals surface area contributed by atoms with Gasteiger partial charge in [-0.2, -0.15) is 0 Å². The molecule has 0 atom stereocenters. The quantitative estimate of drug-likeness (QED) is 0.198. The van der Waals surface area contributed by atoms with Crippen LogP contribution in [0.15, 0.2) is 134 Å². The minimum absolute atomic E-state index is 0.118. The van der Waals surface area contributed by atoms with E-state index in [1.165, 1.54) is 22.3 Å². The average molecular weight is 609 g/mol. The number of nitrogens with zero attached hydrogens (tertiary/aromatic N) is 4. The lowest BCUT2D eigenvalue weighted by Crippen LogP contribution is -2.15. The molecule has 0 unspecified atom stereocenters. The predicted octanol–water partition coefficient (Wildman–Crippen LogP) is 10.1. The summed E-state index contributed by atoms with van der Waals surface area (Å²) in [5.41, 5.74) is 9.46. The van der Waals surface area contributed by atoms with E-state index in [4.69, 9.17) is 24.4 Å². The summed E-state index contributed by atoms with van der Waals surface area (Å²) >= 11 is 0. The summed E-state index contributed by atoms with van der Waals surface area (Å²) in [4.78, 5) is 18.9. The summed E-state index contributed by atoms with van der Waals surface area (Å²) in [5.74, 6) is 4.58. The first-order valence-electron chi connectivity index (χ1n) is 15.6. The summed E-state index contributed by atoms with van der Waals surface area (Å²) < 4.78 is 12.9. The van der Waals surface area contributed by atoms with Gasteiger partial charge in [-0.3, -0.25) is 4.98 Å². The topological polar surface area (TPSA) is 70.0 Å². The van der Waals surface area contributed by atoms with Crippen LogP contribution in [0.5, 0.6) is 23.0 Å². The Kier molecular flexibility index (Phi) is 6.05. The first kappa shape index (κ1) is 27.2. The van der Waals surface area contributed by atoms with Crippen LogP contribution in [0.1, 0.15) is 25.0 Å². The maximum Gasteiger partial charge on any atom is 0.182 e. The molecule has 9 rings (SSSR count). The minimum atomic E-state index is -0.118. The molecule has 0 radical (unpaired) electrons. The normalized spacial score (nSPS) is 13.4. The lowest BCUT2D eigenvalue weighted by atomic mass is 9.82. The first-order chi connectivity index (χ1) is 23.0. The van der Waals surface area contributed by atoms with Gasteiger partial charge in [-0.15, -0.1) is 0 Å². The van der Waals surface area contributed by atoms with E-state index in [-0.39, 0.29) is 5.41 Å². The van der Waals surface area contributed by atoms with Gasteiger partial charge in [0.1, 0.15) is 5.69 Å². The van der Waals surface area contributed by atoms with Gasteiger partial charge in [0.05, 0.1) is 0 Å². The molecule has 3 heterocycles. The zero-order chi connectivity index (χ0) is 31.5. The molecule has 7 aromatic rings. The molecule has 0 bridgehead atoms. The molecular formula is C41H28N4O2. The van der Waals surface area contributed by atoms with Crippen LogP contribution in [0.3, 0.4) is 0 Å². The molecule has 0 saturated carbocycles. The van der Waals surface area contributed by atoms with Gasteiger partial charge < -0.3 is 9.47 Å². The molecule has 1 aliphatic heterocycles. The number of ether oxygens (including phenoxy) is 2. The van der Waals surface area contributed by atoms with Gasteiger partial charge in [-0.1, -0.05) is 105 Å². The van der Waals surface area contributed by atoms with Crippen molar-refractivity contribution in [2.45, 2.75) is 19.3 Å². The zero-order valence-electron chi connectivity index (χ0n) is 25.8. The van der Waals surface area contributed by atoms with Gasteiger partial charge in [0.25, 0.3) is 0 Å². The van der Waals surface area contributed by atoms with Crippen LogP contribution >= 0.6 is 0 Å². The first-order valence-corrected chi connectivity index (χ1v) is 15.6. The predicted molar refractivity (Wildman–Crippen MR) is 184 cm³/mol. The Labute approximate surface area is 272 Å². The van der Waals surface area contributed by atoms with Gasteiger partial charge in [-0.05, 0) is 69.8 Å². The molecule has 0 N–H and O–H groups in total. The smallest absolute Gasteiger partial charge is 0.182 e. The standard InChI is InChI=1S/C41H28N4O2/c1-41(2)31-13-7-6-12-29(31)30-23-36-37(24-32(30)41)47-35-22-28(19-20-34(35)46-36)25-15-17-27(18-16-25)39-43-38(26-10-4-3-5-11-26)44-40(45-39)33-14-8-9-21-42-33/h3-24H,1-2H3. The van der Waals surface area contributed by atoms with Crippen molar-refractivity contribution in [2.24, 2.45) is 0 Å². The van der Waals surface area contributed by atoms with Crippen molar-refractivity contribution in [3.8, 4) is 79.5 Å². The lowest BCUT2D eigenvalue weighted by molar-refractivity contribution is 0.359. The van der Waals surface area contributed by atoms with E-state index in [9.17, 15) is 0 Å². The largest absolute Gasteiger partial charge is 0.449 e. The molecule has 2 aliphatic rings. The summed E-state index contributed by atoms with van der Waals surface area (Å²) in [7, 11) is 0. The maximum atomic E-state index is 6.50. The van der Waals surface area contributed by atoms with Crippen molar-refractivity contribution in [1.82, 2.24) is 19.9 Å². The van der Waals surface area contributed by atoms with Crippen LogP contribution < -0.4 is 9.47 Å². The number of pyridine rings is 1. The van der Waals surface area contributed by atoms with E-state index in [2.05, 4.69) is 73.4 Å². The number of fused-ring (bicyclic) bond motifs is 5. The third kappa shape index (κ3) is 4.57. The summed E-state index contributed by atoms with van der Waals surface area (Å²) in [5, 5.41) is 0. The Morgan fingerprint density at radius 1 is 0.447 bits per heavy atom. The molecule has 224 valence electrons. The summed E-state index contributed by atoms with van der Waals surface area (Å²) in [6.45, 7) is 4.53. The van der Waals surface area contributed by atoms with Crippen LogP contribution in [0, 0.1) is 0 Å². The number of hydrogen-bond acceptors (Lipinski definition) is 6. The Morgan fingerprint density at radius 2 is 1.06 bits per heavy atom. The van der Waals surface area contributed by atoms with Crippen molar-refractivity contribution in [3.63, 3.8) is 0 Å². The highest BCUT2D eigenvalue weighted by molar-refractivity contribution is 5.83. The van der Waals surface area contributed by atoms with Crippen LogP contribution in [0.25, 0.3) is 56.5 Å². The molecule has 2 aromatic heterocycles. The SMILES string of the molecule is CC1(C)c2ccccc2-c2cc3c(cc21)Oc1cc(-c2ccc(-c4nc(-c5ccccc5)nc(-c5ccccn5)n4)cc2)ccc1O3. The van der Waals surface area contributed by atoms with Crippen molar-refractivity contribution < 1.29 is 9.47 Å². The van der Waals surface area contributed by atoms with Crippen molar-refractivity contribution in [3.05, 3.63) is 145 Å². The van der Waals surface area contributed by atoms with E-state index >= 15 is 0 Å². The lowest BCUT2D eigenvalue weighted by Gasteiger charge is -2.25. The monoisotopic (exact) mass is 608 g/mol. The second-order valence-corrected chi connectivity index (χ2v) is 12.3. The second-order valence-electron chi connectivity index (χ2n) is 12.3. The van der Waals surface area contributed by atoms with Crippen LogP contribution in [0.2, 0.25) is 0 Å². The van der Waals surface area contributed by atoms with Crippen LogP contribution in [0.4, 0.5) is 0 Å². The fraction of sp³-hybridized carbons (Fsp3) is 0.0732. The van der Waals surface area contributed by atoms with E-state index in [1.54, 1.807) is 6.20 Å². The molecule has 6 heteroatoms. The number of hydrogen-bond donors (Lipinski definition) is 0. The zero-order valence-corrected chi connectivity index (χ0v) is 25.8. The second kappa shape index (κ2) is 10.5. The molecule has 0 saturated heterocycles. The van der Waals surface area contributed by atoms with Crippen molar-refractivity contribution >= 4 is 0 Å². The van der Waals surface area contributed by atoms with Crippen LogP contribution in [-0.2, 0) is 5.41 Å². The Morgan fingerprint density at radius 3 is 1.85 bits per heavy atom. The average Bonchev–Trinajstić information content (AvgIpc) is 3.35. The van der Waals surface area contributed by atoms with Gasteiger partial charge in [0.2, 0.25) is 0 Å². The third-order valence-electron chi connectivity index (χ3n) is 9.07. The van der Waals surface area contributed by atoms with Crippen molar-refractivity contribution in [1.29, 1.82) is 0 Å². The van der Waals surface area contributed by atoms with Crippen molar-refractivity contribution in [2.75, 3.05) is 0 Å². The van der Waals surface area contributed by atoms with Gasteiger partial charge in [0, 0.05) is 22.7 Å². The number of aromatic nitrogens is 4. The number of benzene rings is 5. The Bertz CT molecular complexity index is 2260. The number of rotatable bonds is 4. The Hall–Kier alpha value is -6.14. The molecule has 0 fully saturated rings. The molecule has 6 nitrogen and oxygen atoms in total. The molecule has 0 spiro atoms. The molecule has 5 aromatic carbocycles. The molecular weight excluding hydrogens is 580 g/mol.